The zero-order valence-electron chi connectivity index (χ0n) is 12.5. The molecule has 2 aliphatic rings. The van der Waals surface area contributed by atoms with E-state index in [1.165, 1.54) is 25.7 Å². The van der Waals surface area contributed by atoms with E-state index >= 15 is 0 Å². The number of carbonyl (C=O) groups is 1. The van der Waals surface area contributed by atoms with Crippen molar-refractivity contribution in [1.29, 1.82) is 0 Å². The molecule has 3 rings (SSSR count). The molecule has 1 saturated carbocycles. The van der Waals surface area contributed by atoms with Gasteiger partial charge in [-0.25, -0.2) is 0 Å². The monoisotopic (exact) mass is 289 g/mol. The molecule has 0 spiro atoms. The minimum absolute atomic E-state index is 0.0519. The molecule has 0 radical (unpaired) electrons. The van der Waals surface area contributed by atoms with Crippen LogP contribution in [0.15, 0.2) is 24.3 Å². The number of amides is 1. The highest BCUT2D eigenvalue weighted by Gasteiger charge is 2.34. The minimum atomic E-state index is -0.567. The molecule has 1 N–H and O–H groups in total. The van der Waals surface area contributed by atoms with Crippen LogP contribution in [-0.2, 0) is 4.79 Å². The Hall–Kier alpha value is -1.71. The molecule has 21 heavy (non-hydrogen) atoms. The third-order valence-electron chi connectivity index (χ3n) is 4.30. The standard InChI is InChI=1S/C17H23NO3/c1-12-16(21-15-11-7-6-10-14(15)20-12)17(19)18-13-8-4-2-3-5-9-13/h6-7,10-13,16H,2-5,8-9H2,1H3,(H,18,19)/t12-,16-/m0/s1. The van der Waals surface area contributed by atoms with Crippen molar-refractivity contribution >= 4 is 5.91 Å². The lowest BCUT2D eigenvalue weighted by Crippen LogP contribution is -2.51. The van der Waals surface area contributed by atoms with Gasteiger partial charge in [0.05, 0.1) is 0 Å². The second-order valence-corrected chi connectivity index (χ2v) is 6.01. The Labute approximate surface area is 125 Å². The second kappa shape index (κ2) is 6.37. The van der Waals surface area contributed by atoms with Crippen molar-refractivity contribution in [1.82, 2.24) is 5.32 Å². The normalized spacial score (nSPS) is 26.0. The lowest BCUT2D eigenvalue weighted by Gasteiger charge is -2.32. The maximum absolute atomic E-state index is 12.5. The Morgan fingerprint density at radius 2 is 1.67 bits per heavy atom. The van der Waals surface area contributed by atoms with Gasteiger partial charge in [0.2, 0.25) is 6.10 Å². The van der Waals surface area contributed by atoms with Crippen LogP contribution in [0, 0.1) is 0 Å². The number of benzene rings is 1. The summed E-state index contributed by atoms with van der Waals surface area (Å²) in [5.41, 5.74) is 0. The van der Waals surface area contributed by atoms with Crippen LogP contribution < -0.4 is 14.8 Å². The van der Waals surface area contributed by atoms with E-state index in [0.717, 1.165) is 12.8 Å². The third kappa shape index (κ3) is 3.31. The topological polar surface area (TPSA) is 47.6 Å². The predicted molar refractivity (Wildman–Crippen MR) is 80.6 cm³/mol. The van der Waals surface area contributed by atoms with Crippen molar-refractivity contribution in [2.45, 2.75) is 63.7 Å². The Kier molecular flexibility index (Phi) is 4.32. The second-order valence-electron chi connectivity index (χ2n) is 6.01. The van der Waals surface area contributed by atoms with Gasteiger partial charge < -0.3 is 14.8 Å². The SMILES string of the molecule is C[C@@H]1Oc2ccccc2O[C@@H]1C(=O)NC1CCCCCC1. The zero-order chi connectivity index (χ0) is 14.7. The van der Waals surface area contributed by atoms with Crippen LogP contribution in [0.4, 0.5) is 0 Å². The van der Waals surface area contributed by atoms with E-state index in [-0.39, 0.29) is 18.1 Å². The number of fused-ring (bicyclic) bond motifs is 1. The van der Waals surface area contributed by atoms with Crippen molar-refractivity contribution in [3.63, 3.8) is 0 Å². The molecule has 4 nitrogen and oxygen atoms in total. The highest BCUT2D eigenvalue weighted by atomic mass is 16.6. The number of nitrogens with one attached hydrogen (secondary N) is 1. The van der Waals surface area contributed by atoms with Crippen molar-refractivity contribution < 1.29 is 14.3 Å². The summed E-state index contributed by atoms with van der Waals surface area (Å²) in [6.07, 6.45) is 6.26. The van der Waals surface area contributed by atoms with Crippen LogP contribution in [0.5, 0.6) is 11.5 Å². The van der Waals surface area contributed by atoms with Crippen molar-refractivity contribution in [3.8, 4) is 11.5 Å². The van der Waals surface area contributed by atoms with Gasteiger partial charge in [0, 0.05) is 6.04 Å². The first-order valence-corrected chi connectivity index (χ1v) is 7.97. The van der Waals surface area contributed by atoms with Gasteiger partial charge in [0.15, 0.2) is 11.5 Å². The summed E-state index contributed by atoms with van der Waals surface area (Å²) in [5.74, 6) is 1.31. The molecule has 114 valence electrons. The molecule has 1 aliphatic heterocycles. The molecule has 1 aromatic carbocycles. The quantitative estimate of drug-likeness (QED) is 0.851. The molecule has 1 aliphatic carbocycles. The van der Waals surface area contributed by atoms with Gasteiger partial charge in [0.1, 0.15) is 6.10 Å². The lowest BCUT2D eigenvalue weighted by molar-refractivity contribution is -0.134. The number of hydrogen-bond acceptors (Lipinski definition) is 3. The fourth-order valence-electron chi connectivity index (χ4n) is 3.11. The molecular formula is C17H23NO3. The molecule has 1 heterocycles. The van der Waals surface area contributed by atoms with Crippen molar-refractivity contribution in [2.75, 3.05) is 0 Å². The minimum Gasteiger partial charge on any atom is -0.482 e. The highest BCUT2D eigenvalue weighted by Crippen LogP contribution is 2.33. The van der Waals surface area contributed by atoms with E-state index in [2.05, 4.69) is 5.32 Å². The molecular weight excluding hydrogens is 266 g/mol. The molecule has 1 amide bonds. The fraction of sp³-hybridized carbons (Fsp3) is 0.588. The predicted octanol–water partition coefficient (Wildman–Crippen LogP) is 3.05. The number of para-hydroxylation sites is 2. The number of carbonyl (C=O) groups excluding carboxylic acids is 1. The van der Waals surface area contributed by atoms with E-state index in [0.29, 0.717) is 11.5 Å². The number of rotatable bonds is 2. The maximum atomic E-state index is 12.5. The first kappa shape index (κ1) is 14.2. The van der Waals surface area contributed by atoms with E-state index in [1.807, 2.05) is 31.2 Å². The first-order chi connectivity index (χ1) is 10.2. The van der Waals surface area contributed by atoms with Gasteiger partial charge in [-0.15, -0.1) is 0 Å². The van der Waals surface area contributed by atoms with Gasteiger partial charge in [-0.2, -0.15) is 0 Å². The summed E-state index contributed by atoms with van der Waals surface area (Å²) in [6, 6.07) is 7.78. The Bertz CT molecular complexity index is 495. The summed E-state index contributed by atoms with van der Waals surface area (Å²) in [6.45, 7) is 1.88. The lowest BCUT2D eigenvalue weighted by atomic mass is 10.1. The van der Waals surface area contributed by atoms with Crippen LogP contribution in [0.2, 0.25) is 0 Å². The van der Waals surface area contributed by atoms with Gasteiger partial charge in [-0.3, -0.25) is 4.79 Å². The van der Waals surface area contributed by atoms with Gasteiger partial charge in [0.25, 0.3) is 5.91 Å². The smallest absolute Gasteiger partial charge is 0.265 e. The molecule has 1 fully saturated rings. The van der Waals surface area contributed by atoms with E-state index in [4.69, 9.17) is 9.47 Å². The molecule has 0 saturated heterocycles. The summed E-state index contributed by atoms with van der Waals surface area (Å²) >= 11 is 0. The van der Waals surface area contributed by atoms with Crippen molar-refractivity contribution in [2.24, 2.45) is 0 Å². The van der Waals surface area contributed by atoms with E-state index in [1.54, 1.807) is 0 Å². The molecule has 1 aromatic rings. The molecule has 4 heteroatoms. The Morgan fingerprint density at radius 3 is 2.33 bits per heavy atom. The molecule has 0 aromatic heterocycles. The van der Waals surface area contributed by atoms with Gasteiger partial charge in [-0.05, 0) is 31.9 Å². The van der Waals surface area contributed by atoms with E-state index in [9.17, 15) is 4.79 Å². The summed E-state index contributed by atoms with van der Waals surface area (Å²) in [5, 5.41) is 3.15. The van der Waals surface area contributed by atoms with Gasteiger partial charge in [-0.1, -0.05) is 37.8 Å². The molecule has 2 atom stereocenters. The number of ether oxygens (including phenoxy) is 2. The maximum Gasteiger partial charge on any atom is 0.265 e. The molecule has 0 unspecified atom stereocenters. The van der Waals surface area contributed by atoms with Crippen LogP contribution >= 0.6 is 0 Å². The summed E-state index contributed by atoms with van der Waals surface area (Å²) < 4.78 is 11.6. The summed E-state index contributed by atoms with van der Waals surface area (Å²) in [7, 11) is 0. The first-order valence-electron chi connectivity index (χ1n) is 7.97. The van der Waals surface area contributed by atoms with Crippen LogP contribution in [0.1, 0.15) is 45.4 Å². The average Bonchev–Trinajstić information content (AvgIpc) is 2.75. The van der Waals surface area contributed by atoms with Crippen LogP contribution in [0.3, 0.4) is 0 Å². The molecule has 0 bridgehead atoms. The fourth-order valence-corrected chi connectivity index (χ4v) is 3.11. The van der Waals surface area contributed by atoms with Crippen LogP contribution in [0.25, 0.3) is 0 Å². The van der Waals surface area contributed by atoms with Gasteiger partial charge >= 0.3 is 0 Å². The zero-order valence-corrected chi connectivity index (χ0v) is 12.5. The summed E-state index contributed by atoms with van der Waals surface area (Å²) in [4.78, 5) is 12.5. The highest BCUT2D eigenvalue weighted by molar-refractivity contribution is 5.82. The number of hydrogen-bond donors (Lipinski definition) is 1. The largest absolute Gasteiger partial charge is 0.482 e. The Morgan fingerprint density at radius 1 is 1.05 bits per heavy atom. The Balaban J connectivity index is 1.64. The van der Waals surface area contributed by atoms with Crippen molar-refractivity contribution in [3.05, 3.63) is 24.3 Å². The van der Waals surface area contributed by atoms with Crippen LogP contribution in [-0.4, -0.2) is 24.2 Å². The third-order valence-corrected chi connectivity index (χ3v) is 4.30. The van der Waals surface area contributed by atoms with E-state index < -0.39 is 6.10 Å². The average molecular weight is 289 g/mol.